The molecule has 0 spiro atoms. The lowest BCUT2D eigenvalue weighted by molar-refractivity contribution is 0.0700. The Balaban J connectivity index is 1.96. The van der Waals surface area contributed by atoms with E-state index < -0.39 is 5.97 Å². The fourth-order valence-corrected chi connectivity index (χ4v) is 3.81. The first-order valence-electron chi connectivity index (χ1n) is 7.02. The average molecular weight is 289 g/mol. The van der Waals surface area contributed by atoms with Crippen LogP contribution in [-0.2, 0) is 6.54 Å². The number of aromatic carboxylic acids is 1. The molecule has 1 fully saturated rings. The van der Waals surface area contributed by atoms with Crippen LogP contribution in [0.25, 0.3) is 10.1 Å². The van der Waals surface area contributed by atoms with E-state index in [1.165, 1.54) is 24.2 Å². The number of fused-ring (bicyclic) bond motifs is 1. The van der Waals surface area contributed by atoms with Crippen molar-refractivity contribution in [3.05, 3.63) is 34.7 Å². The average Bonchev–Trinajstić information content (AvgIpc) is 3.21. The molecule has 106 valence electrons. The third-order valence-electron chi connectivity index (χ3n) is 4.30. The van der Waals surface area contributed by atoms with Gasteiger partial charge >= 0.3 is 5.97 Å². The first kappa shape index (κ1) is 13.6. The Morgan fingerprint density at radius 3 is 2.80 bits per heavy atom. The van der Waals surface area contributed by atoms with Gasteiger partial charge in [0.25, 0.3) is 0 Å². The molecule has 1 aromatic heterocycles. The standard InChI is InChI=1S/C16H19NO2S/c1-10(11-7-8-11)17(2)9-13-12-5-3-4-6-14(12)20-15(13)16(18)19/h3-6,10-11H,7-9H2,1-2H3,(H,18,19). The van der Waals surface area contributed by atoms with E-state index in [4.69, 9.17) is 0 Å². The minimum atomic E-state index is -0.811. The van der Waals surface area contributed by atoms with Gasteiger partial charge in [-0.3, -0.25) is 4.90 Å². The largest absolute Gasteiger partial charge is 0.477 e. The second kappa shape index (κ2) is 5.19. The zero-order chi connectivity index (χ0) is 14.3. The quantitative estimate of drug-likeness (QED) is 0.909. The highest BCUT2D eigenvalue weighted by Gasteiger charge is 2.31. The molecule has 1 heterocycles. The summed E-state index contributed by atoms with van der Waals surface area (Å²) in [7, 11) is 2.10. The maximum Gasteiger partial charge on any atom is 0.346 e. The van der Waals surface area contributed by atoms with Crippen molar-refractivity contribution in [2.45, 2.75) is 32.4 Å². The van der Waals surface area contributed by atoms with Crippen LogP contribution < -0.4 is 0 Å². The highest BCUT2D eigenvalue weighted by molar-refractivity contribution is 7.21. The van der Waals surface area contributed by atoms with Crippen molar-refractivity contribution >= 4 is 27.4 Å². The minimum Gasteiger partial charge on any atom is -0.477 e. The Bertz CT molecular complexity index is 645. The monoisotopic (exact) mass is 289 g/mol. The van der Waals surface area contributed by atoms with E-state index >= 15 is 0 Å². The molecule has 2 aromatic rings. The number of carbonyl (C=O) groups is 1. The summed E-state index contributed by atoms with van der Waals surface area (Å²) in [5, 5.41) is 10.5. The number of benzene rings is 1. The molecule has 0 aliphatic heterocycles. The third-order valence-corrected chi connectivity index (χ3v) is 5.50. The van der Waals surface area contributed by atoms with Gasteiger partial charge in [-0.25, -0.2) is 4.79 Å². The molecule has 0 radical (unpaired) electrons. The molecule has 1 atom stereocenters. The zero-order valence-electron chi connectivity index (χ0n) is 11.8. The van der Waals surface area contributed by atoms with Gasteiger partial charge < -0.3 is 5.11 Å². The summed E-state index contributed by atoms with van der Waals surface area (Å²) in [6, 6.07) is 8.50. The Morgan fingerprint density at radius 1 is 1.45 bits per heavy atom. The minimum absolute atomic E-state index is 0.487. The molecule has 0 bridgehead atoms. The fourth-order valence-electron chi connectivity index (χ4n) is 2.76. The molecule has 0 amide bonds. The van der Waals surface area contributed by atoms with Crippen LogP contribution in [0.15, 0.2) is 24.3 Å². The summed E-state index contributed by atoms with van der Waals surface area (Å²) in [5.74, 6) is -0.0214. The first-order chi connectivity index (χ1) is 9.58. The Hall–Kier alpha value is -1.39. The molecule has 0 saturated heterocycles. The molecule has 1 aliphatic carbocycles. The smallest absolute Gasteiger partial charge is 0.346 e. The molecule has 3 nitrogen and oxygen atoms in total. The number of carboxylic acids is 1. The van der Waals surface area contributed by atoms with Gasteiger partial charge in [0, 0.05) is 17.3 Å². The fraction of sp³-hybridized carbons (Fsp3) is 0.438. The van der Waals surface area contributed by atoms with Crippen molar-refractivity contribution < 1.29 is 9.90 Å². The maximum atomic E-state index is 11.5. The molecule has 1 N–H and O–H groups in total. The van der Waals surface area contributed by atoms with E-state index in [0.29, 0.717) is 17.5 Å². The number of hydrogen-bond acceptors (Lipinski definition) is 3. The molecule has 1 saturated carbocycles. The van der Waals surface area contributed by atoms with Crippen LogP contribution in [-0.4, -0.2) is 29.1 Å². The van der Waals surface area contributed by atoms with Gasteiger partial charge in [-0.1, -0.05) is 18.2 Å². The molecular formula is C16H19NO2S. The SMILES string of the molecule is CC(C1CC1)N(C)Cc1c(C(=O)O)sc2ccccc12. The second-order valence-corrected chi connectivity index (χ2v) is 6.76. The first-order valence-corrected chi connectivity index (χ1v) is 7.83. The molecule has 1 aromatic carbocycles. The Labute approximate surface area is 122 Å². The second-order valence-electron chi connectivity index (χ2n) is 5.70. The predicted octanol–water partition coefficient (Wildman–Crippen LogP) is 3.83. The number of nitrogens with zero attached hydrogens (tertiary/aromatic N) is 1. The van der Waals surface area contributed by atoms with Gasteiger partial charge in [0.1, 0.15) is 4.88 Å². The van der Waals surface area contributed by atoms with Crippen molar-refractivity contribution in [3.63, 3.8) is 0 Å². The van der Waals surface area contributed by atoms with Crippen molar-refractivity contribution in [1.82, 2.24) is 4.90 Å². The van der Waals surface area contributed by atoms with Crippen molar-refractivity contribution in [2.24, 2.45) is 5.92 Å². The normalized spacial score (nSPS) is 16.8. The van der Waals surface area contributed by atoms with Crippen LogP contribution in [0.5, 0.6) is 0 Å². The van der Waals surface area contributed by atoms with E-state index in [1.807, 2.05) is 24.3 Å². The summed E-state index contributed by atoms with van der Waals surface area (Å²) >= 11 is 1.38. The van der Waals surface area contributed by atoms with E-state index in [2.05, 4.69) is 18.9 Å². The molecular weight excluding hydrogens is 270 g/mol. The lowest BCUT2D eigenvalue weighted by Gasteiger charge is -2.24. The van der Waals surface area contributed by atoms with Crippen molar-refractivity contribution in [2.75, 3.05) is 7.05 Å². The topological polar surface area (TPSA) is 40.5 Å². The molecule has 1 aliphatic rings. The van der Waals surface area contributed by atoms with Crippen LogP contribution in [0.4, 0.5) is 0 Å². The number of rotatable bonds is 5. The number of carboxylic acid groups (broad SMARTS) is 1. The molecule has 3 rings (SSSR count). The highest BCUT2D eigenvalue weighted by atomic mass is 32.1. The summed E-state index contributed by atoms with van der Waals surface area (Å²) in [6.45, 7) is 2.95. The van der Waals surface area contributed by atoms with Gasteiger partial charge in [-0.15, -0.1) is 11.3 Å². The van der Waals surface area contributed by atoms with Crippen molar-refractivity contribution in [3.8, 4) is 0 Å². The summed E-state index contributed by atoms with van der Waals surface area (Å²) in [5.41, 5.74) is 0.966. The Morgan fingerprint density at radius 2 is 2.15 bits per heavy atom. The lowest BCUT2D eigenvalue weighted by atomic mass is 10.1. The third kappa shape index (κ3) is 2.45. The zero-order valence-corrected chi connectivity index (χ0v) is 12.6. The van der Waals surface area contributed by atoms with Gasteiger partial charge in [-0.05, 0) is 49.7 Å². The maximum absolute atomic E-state index is 11.5. The molecule has 20 heavy (non-hydrogen) atoms. The summed E-state index contributed by atoms with van der Waals surface area (Å²) in [6.07, 6.45) is 2.61. The van der Waals surface area contributed by atoms with E-state index in [0.717, 1.165) is 21.6 Å². The van der Waals surface area contributed by atoms with Gasteiger partial charge in [0.2, 0.25) is 0 Å². The Kier molecular flexibility index (Phi) is 3.52. The number of thiophene rings is 1. The highest BCUT2D eigenvalue weighted by Crippen LogP contribution is 2.37. The van der Waals surface area contributed by atoms with E-state index in [1.54, 1.807) is 0 Å². The molecule has 1 unspecified atom stereocenters. The molecule has 4 heteroatoms. The number of hydrogen-bond donors (Lipinski definition) is 1. The van der Waals surface area contributed by atoms with Crippen LogP contribution in [0, 0.1) is 5.92 Å². The van der Waals surface area contributed by atoms with Gasteiger partial charge in [0.15, 0.2) is 0 Å². The van der Waals surface area contributed by atoms with Crippen LogP contribution in [0.1, 0.15) is 35.0 Å². The predicted molar refractivity (Wildman–Crippen MR) is 82.4 cm³/mol. The lowest BCUT2D eigenvalue weighted by Crippen LogP contribution is -2.30. The van der Waals surface area contributed by atoms with Crippen LogP contribution >= 0.6 is 11.3 Å². The van der Waals surface area contributed by atoms with Crippen LogP contribution in [0.2, 0.25) is 0 Å². The van der Waals surface area contributed by atoms with Crippen LogP contribution in [0.3, 0.4) is 0 Å². The van der Waals surface area contributed by atoms with E-state index in [-0.39, 0.29) is 0 Å². The van der Waals surface area contributed by atoms with Crippen molar-refractivity contribution in [1.29, 1.82) is 0 Å². The summed E-state index contributed by atoms with van der Waals surface area (Å²) in [4.78, 5) is 14.3. The summed E-state index contributed by atoms with van der Waals surface area (Å²) < 4.78 is 1.06. The van der Waals surface area contributed by atoms with E-state index in [9.17, 15) is 9.90 Å². The van der Waals surface area contributed by atoms with Gasteiger partial charge in [0.05, 0.1) is 0 Å². The van der Waals surface area contributed by atoms with Gasteiger partial charge in [-0.2, -0.15) is 0 Å².